The first-order valence-corrected chi connectivity index (χ1v) is 10.5. The summed E-state index contributed by atoms with van der Waals surface area (Å²) in [7, 11) is 0. The Hall–Kier alpha value is -4.78. The molecule has 178 valence electrons. The fourth-order valence-electron chi connectivity index (χ4n) is 3.08. The zero-order valence-electron chi connectivity index (χ0n) is 33.3. The first-order valence-electron chi connectivity index (χ1n) is 17.5. The van der Waals surface area contributed by atoms with Gasteiger partial charge in [0.05, 0.1) is 24.9 Å². The first kappa shape index (κ1) is 11.8. The summed E-state index contributed by atoms with van der Waals surface area (Å²) in [6, 6.07) is -3.72. The van der Waals surface area contributed by atoms with Crippen molar-refractivity contribution in [2.75, 3.05) is 10.6 Å². The van der Waals surface area contributed by atoms with E-state index in [1.807, 2.05) is 0 Å². The second kappa shape index (κ2) is 9.84. The molecular formula is C29H26N6O. The minimum absolute atomic E-state index is 0.00913. The quantitative estimate of drug-likeness (QED) is 0.295. The van der Waals surface area contributed by atoms with Crippen LogP contribution in [0.1, 0.15) is 46.2 Å². The number of amides is 1. The van der Waals surface area contributed by atoms with Crippen LogP contribution in [-0.4, -0.2) is 25.4 Å². The molecule has 0 bridgehead atoms. The number of carbonyl (C=O) groups excluding carboxylic acids is 1. The molecule has 0 unspecified atom stereocenters. The number of carbonyl (C=O) groups is 1. The van der Waals surface area contributed by atoms with Gasteiger partial charge in [0.25, 0.3) is 5.91 Å². The lowest BCUT2D eigenvalue weighted by atomic mass is 10.1. The molecule has 3 heterocycles. The van der Waals surface area contributed by atoms with E-state index in [4.69, 9.17) is 19.2 Å². The zero-order valence-corrected chi connectivity index (χ0v) is 19.3. The van der Waals surface area contributed by atoms with Gasteiger partial charge in [-0.2, -0.15) is 0 Å². The molecule has 0 radical (unpaired) electrons. The third-order valence-corrected chi connectivity index (χ3v) is 4.74. The van der Waals surface area contributed by atoms with Crippen LogP contribution in [0, 0.1) is 20.8 Å². The van der Waals surface area contributed by atoms with E-state index in [-0.39, 0.29) is 40.9 Å². The Balaban J connectivity index is 1.63. The fraction of sp³-hybridized carbons (Fsp3) is 0.103. The minimum Gasteiger partial charge on any atom is -0.324 e. The van der Waals surface area contributed by atoms with E-state index in [9.17, 15) is 4.79 Å². The molecule has 0 saturated carbocycles. The van der Waals surface area contributed by atoms with Crippen LogP contribution < -0.4 is 10.6 Å². The molecule has 0 saturated heterocycles. The molecule has 5 rings (SSSR count). The highest BCUT2D eigenvalue weighted by Crippen LogP contribution is 2.24. The van der Waals surface area contributed by atoms with E-state index in [0.29, 0.717) is 5.56 Å². The van der Waals surface area contributed by atoms with Gasteiger partial charge in [-0.1, -0.05) is 6.04 Å². The van der Waals surface area contributed by atoms with E-state index in [0.717, 1.165) is 4.57 Å². The summed E-state index contributed by atoms with van der Waals surface area (Å²) >= 11 is 0. The van der Waals surface area contributed by atoms with Crippen LogP contribution in [0.15, 0.2) is 91.3 Å². The van der Waals surface area contributed by atoms with Crippen molar-refractivity contribution in [3.63, 3.8) is 0 Å². The lowest BCUT2D eigenvalue weighted by Gasteiger charge is -2.13. The number of nitrogens with one attached hydrogen (secondary N) is 2. The van der Waals surface area contributed by atoms with Gasteiger partial charge in [-0.25, -0.2) is 9.97 Å². The van der Waals surface area contributed by atoms with Gasteiger partial charge in [0.1, 0.15) is 0 Å². The molecule has 2 N–H and O–H groups in total. The summed E-state index contributed by atoms with van der Waals surface area (Å²) in [5.74, 6) is -1.64. The molecule has 2 aromatic carbocycles. The van der Waals surface area contributed by atoms with Crippen LogP contribution in [0.5, 0.6) is 0 Å². The molecular weight excluding hydrogens is 448 g/mol. The molecule has 7 heteroatoms. The number of aromatic nitrogens is 4. The van der Waals surface area contributed by atoms with Crippen molar-refractivity contribution in [2.24, 2.45) is 0 Å². The van der Waals surface area contributed by atoms with Crippen molar-refractivity contribution < 1.29 is 24.0 Å². The van der Waals surface area contributed by atoms with Crippen LogP contribution in [-0.2, 0) is 0 Å². The summed E-state index contributed by atoms with van der Waals surface area (Å²) in [6.07, 6.45) is -2.37. The first-order chi connectivity index (χ1) is 23.3. The highest BCUT2D eigenvalue weighted by Gasteiger charge is 2.12. The molecule has 7 nitrogen and oxygen atoms in total. The molecule has 0 aliphatic carbocycles. The van der Waals surface area contributed by atoms with E-state index in [1.165, 1.54) is 19.9 Å². The monoisotopic (exact) mass is 488 g/mol. The second-order valence-corrected chi connectivity index (χ2v) is 7.55. The van der Waals surface area contributed by atoms with Gasteiger partial charge in [0, 0.05) is 59.1 Å². The number of nitrogens with zero attached hydrogens (tertiary/aromatic N) is 4. The SMILES string of the molecule is [2H]c1nc(Nc2c([2H])c(C(=O)Nc3c([2H])c(C)c([2H])c(-n4c([2H])cc(C)c4[2H])c3[2H])c([2H])c([2H])c2C)nc(-c2c([2H])nc([2H])c([2H])c2[2H])c1[2H]. The predicted octanol–water partition coefficient (Wildman–Crippen LogP) is 6.25. The van der Waals surface area contributed by atoms with E-state index in [1.54, 1.807) is 6.92 Å². The topological polar surface area (TPSA) is 84.7 Å². The van der Waals surface area contributed by atoms with E-state index in [2.05, 4.69) is 25.6 Å². The summed E-state index contributed by atoms with van der Waals surface area (Å²) in [4.78, 5) is 25.3. The molecule has 0 spiro atoms. The van der Waals surface area contributed by atoms with Crippen molar-refractivity contribution in [3.8, 4) is 16.9 Å². The number of anilines is 3. The number of aryl methyl sites for hydroxylation is 1. The van der Waals surface area contributed by atoms with Crippen LogP contribution in [0.2, 0.25) is 0 Å². The predicted molar refractivity (Wildman–Crippen MR) is 143 cm³/mol. The zero-order chi connectivity index (χ0) is 37.3. The lowest BCUT2D eigenvalue weighted by molar-refractivity contribution is 0.102. The molecule has 3 aromatic heterocycles. The van der Waals surface area contributed by atoms with Gasteiger partial charge in [0.2, 0.25) is 5.95 Å². The average molecular weight is 489 g/mol. The molecule has 36 heavy (non-hydrogen) atoms. The normalized spacial score (nSPS) is 16.2. The number of hydrogen-bond acceptors (Lipinski definition) is 5. The Morgan fingerprint density at radius 3 is 2.72 bits per heavy atom. The summed E-state index contributed by atoms with van der Waals surface area (Å²) in [6.45, 7) is 4.32. The highest BCUT2D eigenvalue weighted by molar-refractivity contribution is 6.05. The smallest absolute Gasteiger partial charge is 0.255 e. The van der Waals surface area contributed by atoms with Gasteiger partial charge in [0.15, 0.2) is 0 Å². The Kier molecular flexibility index (Phi) is 3.22. The molecule has 0 fully saturated rings. The maximum absolute atomic E-state index is 13.8. The molecule has 5 aromatic rings. The van der Waals surface area contributed by atoms with Crippen molar-refractivity contribution in [1.82, 2.24) is 19.5 Å². The minimum atomic E-state index is -1.17. The summed E-state index contributed by atoms with van der Waals surface area (Å²) < 4.78 is 118. The largest absolute Gasteiger partial charge is 0.324 e. The molecule has 0 aliphatic heterocycles. The summed E-state index contributed by atoms with van der Waals surface area (Å²) in [5, 5.41) is 4.98. The van der Waals surface area contributed by atoms with Crippen molar-refractivity contribution in [3.05, 3.63) is 114 Å². The molecule has 1 amide bonds. The van der Waals surface area contributed by atoms with E-state index < -0.39 is 101 Å². The number of benzene rings is 2. The summed E-state index contributed by atoms with van der Waals surface area (Å²) in [5.41, 5.74) is -2.10. The maximum atomic E-state index is 13.8. The highest BCUT2D eigenvalue weighted by atomic mass is 16.1. The maximum Gasteiger partial charge on any atom is 0.255 e. The third-order valence-electron chi connectivity index (χ3n) is 4.74. The van der Waals surface area contributed by atoms with Gasteiger partial charge in [-0.15, -0.1) is 0 Å². The molecule has 0 atom stereocenters. The standard InChI is InChI=1S/C29H26N6O/c1-19-9-12-35(18-19)25-14-20(2)13-24(16-25)32-28(36)22-7-6-21(3)27(15-22)34-29-31-11-8-26(33-29)23-5-4-10-30-17-23/h4-18H,1-3H3,(H,32,36)(H,31,33,34)/i4D,5D,6D,7D,8D,10D,11D,12D,13D,14D,15D,16D,17D,18D. The van der Waals surface area contributed by atoms with Crippen molar-refractivity contribution in [2.45, 2.75) is 20.8 Å². The fourth-order valence-corrected chi connectivity index (χ4v) is 3.08. The van der Waals surface area contributed by atoms with Gasteiger partial charge in [-0.3, -0.25) is 9.78 Å². The number of pyridine rings is 1. The van der Waals surface area contributed by atoms with Crippen molar-refractivity contribution >= 4 is 23.2 Å². The van der Waals surface area contributed by atoms with Gasteiger partial charge >= 0.3 is 0 Å². The Morgan fingerprint density at radius 1 is 1.00 bits per heavy atom. The van der Waals surface area contributed by atoms with Crippen LogP contribution in [0.3, 0.4) is 0 Å². The van der Waals surface area contributed by atoms with Gasteiger partial charge in [-0.05, 0) is 91.9 Å². The van der Waals surface area contributed by atoms with Crippen LogP contribution in [0.25, 0.3) is 16.9 Å². The lowest BCUT2D eigenvalue weighted by Crippen LogP contribution is -2.13. The Bertz CT molecular complexity index is 2290. The number of hydrogen-bond donors (Lipinski definition) is 2. The molecule has 0 aliphatic rings. The van der Waals surface area contributed by atoms with Crippen LogP contribution >= 0.6 is 0 Å². The average Bonchev–Trinajstić information content (AvgIpc) is 3.30. The second-order valence-electron chi connectivity index (χ2n) is 7.55. The van der Waals surface area contributed by atoms with Crippen LogP contribution in [0.4, 0.5) is 17.3 Å². The van der Waals surface area contributed by atoms with Gasteiger partial charge < -0.3 is 15.2 Å². The van der Waals surface area contributed by atoms with Crippen molar-refractivity contribution in [1.29, 1.82) is 0 Å². The third kappa shape index (κ3) is 5.15. The Morgan fingerprint density at radius 2 is 1.89 bits per heavy atom. The number of rotatable bonds is 6. The van der Waals surface area contributed by atoms with E-state index >= 15 is 0 Å². The Labute approximate surface area is 229 Å².